The van der Waals surface area contributed by atoms with Crippen LogP contribution in [-0.4, -0.2) is 27.0 Å². The van der Waals surface area contributed by atoms with Gasteiger partial charge in [-0.05, 0) is 23.3 Å². The zero-order valence-corrected chi connectivity index (χ0v) is 19.1. The largest absolute Gasteiger partial charge is 0.349 e. The van der Waals surface area contributed by atoms with Crippen LogP contribution in [0.1, 0.15) is 16.8 Å². The van der Waals surface area contributed by atoms with Gasteiger partial charge in [-0.2, -0.15) is 0 Å². The maximum Gasteiger partial charge on any atom is 0.330 e. The monoisotopic (exact) mass is 468 g/mol. The zero-order valence-electron chi connectivity index (χ0n) is 18.4. The van der Waals surface area contributed by atoms with Crippen LogP contribution in [0.25, 0.3) is 0 Å². The van der Waals surface area contributed by atoms with Crippen LogP contribution in [-0.2, 0) is 43.1 Å². The van der Waals surface area contributed by atoms with E-state index < -0.39 is 23.2 Å². The maximum absolute atomic E-state index is 13.0. The Morgan fingerprint density at radius 3 is 2.27 bits per heavy atom. The Morgan fingerprint density at radius 2 is 1.61 bits per heavy atom. The van der Waals surface area contributed by atoms with E-state index in [4.69, 9.17) is 11.6 Å². The fourth-order valence-electron chi connectivity index (χ4n) is 3.34. The van der Waals surface area contributed by atoms with E-state index in [0.717, 1.165) is 15.7 Å². The van der Waals surface area contributed by atoms with Crippen molar-refractivity contribution in [3.05, 3.63) is 103 Å². The first kappa shape index (κ1) is 24.0. The van der Waals surface area contributed by atoms with Crippen LogP contribution in [0.5, 0.6) is 0 Å². The van der Waals surface area contributed by atoms with Crippen molar-refractivity contribution in [3.63, 3.8) is 0 Å². The molecule has 3 aromatic rings. The highest BCUT2D eigenvalue weighted by Crippen LogP contribution is 2.10. The lowest BCUT2D eigenvalue weighted by Gasteiger charge is -2.19. The molecule has 1 aromatic heterocycles. The minimum Gasteiger partial charge on any atom is -0.349 e. The molecule has 33 heavy (non-hydrogen) atoms. The summed E-state index contributed by atoms with van der Waals surface area (Å²) in [5.41, 5.74) is 1.07. The van der Waals surface area contributed by atoms with Gasteiger partial charge in [-0.25, -0.2) is 4.79 Å². The minimum atomic E-state index is -0.837. The summed E-state index contributed by atoms with van der Waals surface area (Å²) in [6.45, 7) is -0.0288. The lowest BCUT2D eigenvalue weighted by atomic mass is 10.0. The van der Waals surface area contributed by atoms with Crippen molar-refractivity contribution >= 4 is 23.4 Å². The molecule has 0 saturated carbocycles. The summed E-state index contributed by atoms with van der Waals surface area (Å²) in [6.07, 6.45) is 0.382. The predicted octanol–water partition coefficient (Wildman–Crippen LogP) is 1.32. The molecule has 0 bridgehead atoms. The second-order valence-electron chi connectivity index (χ2n) is 7.71. The molecule has 0 aliphatic rings. The Balaban J connectivity index is 1.73. The predicted molar refractivity (Wildman–Crippen MR) is 126 cm³/mol. The fraction of sp³-hybridized carbons (Fsp3) is 0.250. The van der Waals surface area contributed by atoms with Gasteiger partial charge < -0.3 is 10.6 Å². The van der Waals surface area contributed by atoms with Gasteiger partial charge in [0.05, 0.1) is 13.0 Å². The Kier molecular flexibility index (Phi) is 7.84. The van der Waals surface area contributed by atoms with Crippen molar-refractivity contribution in [1.82, 2.24) is 19.8 Å². The Hall–Kier alpha value is -3.65. The third kappa shape index (κ3) is 6.43. The number of nitrogens with zero attached hydrogens (tertiary/aromatic N) is 2. The summed E-state index contributed by atoms with van der Waals surface area (Å²) in [5.74, 6) is -0.731. The summed E-state index contributed by atoms with van der Waals surface area (Å²) in [4.78, 5) is 49.7. The van der Waals surface area contributed by atoms with Crippen molar-refractivity contribution in [2.45, 2.75) is 25.4 Å². The van der Waals surface area contributed by atoms with E-state index in [1.54, 1.807) is 24.3 Å². The molecule has 1 atom stereocenters. The first-order valence-corrected chi connectivity index (χ1v) is 10.7. The number of benzene rings is 2. The van der Waals surface area contributed by atoms with E-state index in [1.807, 2.05) is 30.3 Å². The van der Waals surface area contributed by atoms with Gasteiger partial charge in [0.2, 0.25) is 11.8 Å². The van der Waals surface area contributed by atoms with Crippen LogP contribution in [0.3, 0.4) is 0 Å². The van der Waals surface area contributed by atoms with Gasteiger partial charge in [-0.1, -0.05) is 54.1 Å². The maximum atomic E-state index is 13.0. The third-order valence-electron chi connectivity index (χ3n) is 5.28. The molecule has 0 radical (unpaired) electrons. The van der Waals surface area contributed by atoms with Crippen molar-refractivity contribution < 1.29 is 9.59 Å². The molecule has 0 fully saturated rings. The Bertz CT molecular complexity index is 1250. The molecule has 0 saturated heterocycles. The van der Waals surface area contributed by atoms with E-state index in [2.05, 4.69) is 10.6 Å². The highest BCUT2D eigenvalue weighted by molar-refractivity contribution is 6.30. The van der Waals surface area contributed by atoms with Gasteiger partial charge in [0.1, 0.15) is 6.04 Å². The lowest BCUT2D eigenvalue weighted by Crippen LogP contribution is -2.49. The van der Waals surface area contributed by atoms with Gasteiger partial charge in [0, 0.05) is 37.3 Å². The van der Waals surface area contributed by atoms with E-state index in [-0.39, 0.29) is 25.3 Å². The van der Waals surface area contributed by atoms with Gasteiger partial charge in [0.25, 0.3) is 5.56 Å². The van der Waals surface area contributed by atoms with E-state index in [1.165, 1.54) is 24.7 Å². The number of rotatable bonds is 8. The average Bonchev–Trinajstić information content (AvgIpc) is 2.80. The molecular formula is C24H25ClN4O4. The normalized spacial score (nSPS) is 11.6. The smallest absolute Gasteiger partial charge is 0.330 e. The van der Waals surface area contributed by atoms with Crippen molar-refractivity contribution in [3.8, 4) is 0 Å². The highest BCUT2D eigenvalue weighted by Gasteiger charge is 2.22. The van der Waals surface area contributed by atoms with Crippen LogP contribution in [0.4, 0.5) is 0 Å². The summed E-state index contributed by atoms with van der Waals surface area (Å²) in [5, 5.41) is 6.10. The number of carbonyl (C=O) groups excluding carboxylic acids is 2. The van der Waals surface area contributed by atoms with Crippen LogP contribution < -0.4 is 21.9 Å². The van der Waals surface area contributed by atoms with E-state index >= 15 is 0 Å². The molecule has 1 unspecified atom stereocenters. The number of hydrogen-bond donors (Lipinski definition) is 2. The standard InChI is InChI=1S/C24H25ClN4O4/c1-28-19(14-22(31)29(2)24(28)33)15-26-23(32)20(12-16-6-4-3-5-7-16)27-21(30)13-17-8-10-18(25)11-9-17/h3-11,14,20H,12-13,15H2,1-2H3,(H,26,32)(H,27,30). The molecule has 0 spiro atoms. The van der Waals surface area contributed by atoms with Gasteiger partial charge in [-0.3, -0.25) is 23.5 Å². The van der Waals surface area contributed by atoms with Crippen LogP contribution >= 0.6 is 11.6 Å². The quantitative estimate of drug-likeness (QED) is 0.520. The first-order chi connectivity index (χ1) is 15.7. The van der Waals surface area contributed by atoms with Gasteiger partial charge in [0.15, 0.2) is 0 Å². The summed E-state index contributed by atoms with van der Waals surface area (Å²) in [6, 6.07) is 16.7. The number of halogens is 1. The van der Waals surface area contributed by atoms with Gasteiger partial charge in [-0.15, -0.1) is 0 Å². The second-order valence-corrected chi connectivity index (χ2v) is 8.14. The lowest BCUT2D eigenvalue weighted by molar-refractivity contribution is -0.128. The number of hydrogen-bond acceptors (Lipinski definition) is 4. The summed E-state index contributed by atoms with van der Waals surface area (Å²) < 4.78 is 2.29. The molecule has 0 aliphatic carbocycles. The molecule has 3 rings (SSSR count). The third-order valence-corrected chi connectivity index (χ3v) is 5.53. The van der Waals surface area contributed by atoms with Crippen molar-refractivity contribution in [1.29, 1.82) is 0 Å². The van der Waals surface area contributed by atoms with Crippen LogP contribution in [0.2, 0.25) is 5.02 Å². The number of aromatic nitrogens is 2. The molecule has 2 amide bonds. The topological polar surface area (TPSA) is 102 Å². The molecule has 2 aromatic carbocycles. The molecular weight excluding hydrogens is 444 g/mol. The van der Waals surface area contributed by atoms with Gasteiger partial charge >= 0.3 is 5.69 Å². The summed E-state index contributed by atoms with van der Waals surface area (Å²) in [7, 11) is 2.91. The first-order valence-electron chi connectivity index (χ1n) is 10.4. The van der Waals surface area contributed by atoms with E-state index in [0.29, 0.717) is 10.7 Å². The zero-order chi connectivity index (χ0) is 24.0. The van der Waals surface area contributed by atoms with Crippen molar-refractivity contribution in [2.75, 3.05) is 0 Å². The Morgan fingerprint density at radius 1 is 0.939 bits per heavy atom. The average molecular weight is 469 g/mol. The van der Waals surface area contributed by atoms with E-state index in [9.17, 15) is 19.2 Å². The summed E-state index contributed by atoms with van der Waals surface area (Å²) >= 11 is 5.89. The second kappa shape index (κ2) is 10.8. The number of carbonyl (C=O) groups is 2. The van der Waals surface area contributed by atoms with Crippen LogP contribution in [0, 0.1) is 0 Å². The molecule has 2 N–H and O–H groups in total. The molecule has 9 heteroatoms. The SMILES string of the molecule is Cn1c(CNC(=O)C(Cc2ccccc2)NC(=O)Cc2ccc(Cl)cc2)cc(=O)n(C)c1=O. The Labute approximate surface area is 195 Å². The van der Waals surface area contributed by atoms with Crippen LogP contribution in [0.15, 0.2) is 70.3 Å². The number of amides is 2. The fourth-order valence-corrected chi connectivity index (χ4v) is 3.47. The molecule has 8 nitrogen and oxygen atoms in total. The molecule has 172 valence electrons. The molecule has 1 heterocycles. The number of nitrogens with one attached hydrogen (secondary N) is 2. The van der Waals surface area contributed by atoms with Crippen molar-refractivity contribution in [2.24, 2.45) is 14.1 Å². The molecule has 0 aliphatic heterocycles. The minimum absolute atomic E-state index is 0.0288. The highest BCUT2D eigenvalue weighted by atomic mass is 35.5.